The van der Waals surface area contributed by atoms with Crippen LogP contribution < -0.4 is 0 Å². The molecule has 3 heteroatoms. The standard InChI is InChI=1S/C11H14F2O.C2H6/c1-9(14)8-10-6-4-2-3-5-7-11(10,12)13;1-2/h10H,2-4,6,8H2,1H3;1-2H3. The van der Waals surface area contributed by atoms with Crippen molar-refractivity contribution >= 4 is 5.78 Å². The molecule has 0 radical (unpaired) electrons. The Labute approximate surface area is 96.6 Å². The molecule has 1 rings (SSSR count). The van der Waals surface area contributed by atoms with E-state index in [-0.39, 0.29) is 12.2 Å². The van der Waals surface area contributed by atoms with E-state index >= 15 is 0 Å². The topological polar surface area (TPSA) is 17.1 Å². The molecule has 0 spiro atoms. The minimum absolute atomic E-state index is 0.0539. The van der Waals surface area contributed by atoms with Crippen LogP contribution >= 0.6 is 0 Å². The Kier molecular flexibility index (Phi) is 6.96. The lowest BCUT2D eigenvalue weighted by Gasteiger charge is -2.22. The van der Waals surface area contributed by atoms with Gasteiger partial charge in [0.15, 0.2) is 0 Å². The van der Waals surface area contributed by atoms with Gasteiger partial charge in [-0.25, -0.2) is 0 Å². The highest BCUT2D eigenvalue weighted by molar-refractivity contribution is 5.75. The van der Waals surface area contributed by atoms with E-state index in [4.69, 9.17) is 0 Å². The normalized spacial score (nSPS) is 22.7. The number of Topliss-reactive ketones (excluding diaryl/α,β-unsaturated/α-hetero) is 1. The molecule has 0 saturated carbocycles. The molecule has 0 fully saturated rings. The van der Waals surface area contributed by atoms with Crippen molar-refractivity contribution in [2.45, 2.75) is 58.8 Å². The van der Waals surface area contributed by atoms with Crippen LogP contribution in [-0.4, -0.2) is 11.7 Å². The van der Waals surface area contributed by atoms with E-state index in [1.54, 1.807) is 0 Å². The van der Waals surface area contributed by atoms with Crippen molar-refractivity contribution < 1.29 is 13.6 Å². The lowest BCUT2D eigenvalue weighted by atomic mass is 9.89. The molecule has 92 valence electrons. The molecule has 0 amide bonds. The molecule has 1 nitrogen and oxygen atoms in total. The van der Waals surface area contributed by atoms with Crippen LogP contribution in [-0.2, 0) is 4.79 Å². The number of alkyl halides is 2. The molecule has 0 heterocycles. The van der Waals surface area contributed by atoms with Gasteiger partial charge in [-0.3, -0.25) is 0 Å². The largest absolute Gasteiger partial charge is 0.311 e. The van der Waals surface area contributed by atoms with Gasteiger partial charge in [0.2, 0.25) is 0 Å². The molecule has 16 heavy (non-hydrogen) atoms. The van der Waals surface area contributed by atoms with Crippen molar-refractivity contribution in [3.63, 3.8) is 0 Å². The number of rotatable bonds is 2. The summed E-state index contributed by atoms with van der Waals surface area (Å²) in [4.78, 5) is 10.8. The summed E-state index contributed by atoms with van der Waals surface area (Å²) in [6.45, 7) is 5.35. The maximum Gasteiger partial charge on any atom is 0.311 e. The van der Waals surface area contributed by atoms with E-state index in [1.807, 2.05) is 19.8 Å². The van der Waals surface area contributed by atoms with Crippen LogP contribution in [0.2, 0.25) is 0 Å². The predicted octanol–water partition coefficient (Wildman–Crippen LogP) is 3.82. The minimum atomic E-state index is -2.98. The molecule has 0 aliphatic heterocycles. The van der Waals surface area contributed by atoms with Crippen molar-refractivity contribution in [2.24, 2.45) is 5.92 Å². The first kappa shape index (κ1) is 15.1. The molecule has 1 unspecified atom stereocenters. The third-order valence-corrected chi connectivity index (χ3v) is 2.41. The Morgan fingerprint density at radius 3 is 2.56 bits per heavy atom. The van der Waals surface area contributed by atoms with Gasteiger partial charge in [-0.1, -0.05) is 26.2 Å². The van der Waals surface area contributed by atoms with Gasteiger partial charge in [-0.05, 0) is 25.7 Å². The quantitative estimate of drug-likeness (QED) is 0.659. The summed E-state index contributed by atoms with van der Waals surface area (Å²) in [5.74, 6) is 0.405. The van der Waals surface area contributed by atoms with Crippen molar-refractivity contribution in [3.8, 4) is 11.8 Å². The van der Waals surface area contributed by atoms with Crippen molar-refractivity contribution in [3.05, 3.63) is 0 Å². The second-order valence-electron chi connectivity index (χ2n) is 3.77. The molecule has 0 N–H and O–H groups in total. The maximum atomic E-state index is 13.3. The molecule has 0 aromatic carbocycles. The van der Waals surface area contributed by atoms with E-state index in [0.29, 0.717) is 12.8 Å². The van der Waals surface area contributed by atoms with Gasteiger partial charge >= 0.3 is 5.92 Å². The van der Waals surface area contributed by atoms with Crippen LogP contribution in [0.3, 0.4) is 0 Å². The molecule has 1 aliphatic carbocycles. The van der Waals surface area contributed by atoms with Gasteiger partial charge in [-0.15, -0.1) is 0 Å². The lowest BCUT2D eigenvalue weighted by Crippen LogP contribution is -2.29. The van der Waals surface area contributed by atoms with E-state index in [1.165, 1.54) is 6.92 Å². The molecule has 0 bridgehead atoms. The second-order valence-corrected chi connectivity index (χ2v) is 3.77. The van der Waals surface area contributed by atoms with Gasteiger partial charge in [0.25, 0.3) is 0 Å². The summed E-state index contributed by atoms with van der Waals surface area (Å²) < 4.78 is 26.7. The monoisotopic (exact) mass is 230 g/mol. The summed E-state index contributed by atoms with van der Waals surface area (Å²) in [5, 5.41) is 0. The highest BCUT2D eigenvalue weighted by atomic mass is 19.3. The maximum absolute atomic E-state index is 13.3. The van der Waals surface area contributed by atoms with E-state index in [2.05, 4.69) is 5.92 Å². The fraction of sp³-hybridized carbons (Fsp3) is 0.769. The fourth-order valence-corrected chi connectivity index (χ4v) is 1.65. The van der Waals surface area contributed by atoms with Gasteiger partial charge < -0.3 is 4.79 Å². The first-order valence-electron chi connectivity index (χ1n) is 5.89. The zero-order valence-electron chi connectivity index (χ0n) is 10.3. The van der Waals surface area contributed by atoms with E-state index < -0.39 is 11.8 Å². The lowest BCUT2D eigenvalue weighted by molar-refractivity contribution is -0.120. The Morgan fingerprint density at radius 1 is 1.38 bits per heavy atom. The average molecular weight is 230 g/mol. The van der Waals surface area contributed by atoms with Crippen LogP contribution in [0.15, 0.2) is 0 Å². The zero-order chi connectivity index (χ0) is 12.6. The molecule has 1 atom stereocenters. The molecule has 0 aromatic heterocycles. The Morgan fingerprint density at radius 2 is 2.00 bits per heavy atom. The van der Waals surface area contributed by atoms with E-state index in [9.17, 15) is 13.6 Å². The summed E-state index contributed by atoms with van der Waals surface area (Å²) in [6, 6.07) is 0. The molecular weight excluding hydrogens is 210 g/mol. The Bertz CT molecular complexity index is 273. The second kappa shape index (κ2) is 7.38. The number of ketones is 1. The van der Waals surface area contributed by atoms with Crippen LogP contribution in [0.5, 0.6) is 0 Å². The van der Waals surface area contributed by atoms with Gasteiger partial charge in [0.1, 0.15) is 5.78 Å². The van der Waals surface area contributed by atoms with Crippen molar-refractivity contribution in [2.75, 3.05) is 0 Å². The number of hydrogen-bond donors (Lipinski definition) is 0. The first-order chi connectivity index (χ1) is 7.52. The Hall–Kier alpha value is -0.910. The van der Waals surface area contributed by atoms with Crippen molar-refractivity contribution in [1.29, 1.82) is 0 Å². The number of carbonyl (C=O) groups excluding carboxylic acids is 1. The summed E-state index contributed by atoms with van der Waals surface area (Å²) in [7, 11) is 0. The summed E-state index contributed by atoms with van der Waals surface area (Å²) in [6.07, 6.45) is 2.49. The highest BCUT2D eigenvalue weighted by Crippen LogP contribution is 2.32. The highest BCUT2D eigenvalue weighted by Gasteiger charge is 2.38. The summed E-state index contributed by atoms with van der Waals surface area (Å²) in [5.41, 5.74) is 0. The molecule has 0 aromatic rings. The molecular formula is C13H20F2O. The van der Waals surface area contributed by atoms with Gasteiger partial charge in [0, 0.05) is 18.8 Å². The SMILES string of the molecule is CC.CC(=O)CC1CCCCC#CC1(F)F. The molecule has 1 aliphatic rings. The van der Waals surface area contributed by atoms with Crippen LogP contribution in [0.25, 0.3) is 0 Å². The van der Waals surface area contributed by atoms with Crippen molar-refractivity contribution in [1.82, 2.24) is 0 Å². The van der Waals surface area contributed by atoms with E-state index in [0.717, 1.165) is 12.8 Å². The minimum Gasteiger partial charge on any atom is -0.300 e. The number of halogens is 2. The van der Waals surface area contributed by atoms with Gasteiger partial charge in [0.05, 0.1) is 0 Å². The zero-order valence-corrected chi connectivity index (χ0v) is 10.3. The number of hydrogen-bond acceptors (Lipinski definition) is 1. The van der Waals surface area contributed by atoms with Crippen LogP contribution in [0.4, 0.5) is 8.78 Å². The fourth-order valence-electron chi connectivity index (χ4n) is 1.65. The third-order valence-electron chi connectivity index (χ3n) is 2.41. The smallest absolute Gasteiger partial charge is 0.300 e. The number of carbonyl (C=O) groups is 1. The van der Waals surface area contributed by atoms with Gasteiger partial charge in [-0.2, -0.15) is 8.78 Å². The predicted molar refractivity (Wildman–Crippen MR) is 61.3 cm³/mol. The molecule has 0 saturated heterocycles. The van der Waals surface area contributed by atoms with Crippen LogP contribution in [0, 0.1) is 17.8 Å². The first-order valence-corrected chi connectivity index (χ1v) is 5.89. The Balaban J connectivity index is 0.00000106. The van der Waals surface area contributed by atoms with Crippen LogP contribution in [0.1, 0.15) is 52.9 Å². The average Bonchev–Trinajstić information content (AvgIpc) is 2.21. The summed E-state index contributed by atoms with van der Waals surface area (Å²) >= 11 is 0. The third kappa shape index (κ3) is 5.25.